The molecule has 0 bridgehead atoms. The van der Waals surface area contributed by atoms with E-state index >= 15 is 0 Å². The Hall–Kier alpha value is -1.28. The van der Waals surface area contributed by atoms with Crippen molar-refractivity contribution < 1.29 is 28.2 Å². The number of alkyl halides is 3. The van der Waals surface area contributed by atoms with Gasteiger partial charge in [0.1, 0.15) is 5.75 Å². The maximum Gasteiger partial charge on any atom is 0.490 e. The first-order valence-electron chi connectivity index (χ1n) is 6.11. The normalized spacial score (nSPS) is 11.0. The summed E-state index contributed by atoms with van der Waals surface area (Å²) in [5.74, 6) is -2.38. The number of carbonyl (C=O) groups is 1. The molecule has 1 aromatic carbocycles. The summed E-state index contributed by atoms with van der Waals surface area (Å²) >= 11 is 3.40. The van der Waals surface area contributed by atoms with Crippen molar-refractivity contribution in [2.24, 2.45) is 0 Å². The SMILES string of the molecule is CCN(CC)Cc1cc(Br)ccc1O.O=C(O)C(F)(F)F. The molecule has 0 saturated carbocycles. The lowest BCUT2D eigenvalue weighted by molar-refractivity contribution is -0.192. The highest BCUT2D eigenvalue weighted by molar-refractivity contribution is 9.10. The number of benzene rings is 1. The van der Waals surface area contributed by atoms with E-state index in [1.807, 2.05) is 12.1 Å². The second-order valence-electron chi connectivity index (χ2n) is 4.04. The van der Waals surface area contributed by atoms with Crippen molar-refractivity contribution in [1.29, 1.82) is 0 Å². The van der Waals surface area contributed by atoms with Gasteiger partial charge < -0.3 is 10.2 Å². The summed E-state index contributed by atoms with van der Waals surface area (Å²) in [6.07, 6.45) is -5.08. The van der Waals surface area contributed by atoms with E-state index in [-0.39, 0.29) is 0 Å². The van der Waals surface area contributed by atoms with E-state index in [9.17, 15) is 18.3 Å². The van der Waals surface area contributed by atoms with E-state index in [0.717, 1.165) is 29.7 Å². The molecule has 120 valence electrons. The van der Waals surface area contributed by atoms with Gasteiger partial charge in [-0.1, -0.05) is 29.8 Å². The van der Waals surface area contributed by atoms with Crippen molar-refractivity contribution >= 4 is 21.9 Å². The number of hydrogen-bond acceptors (Lipinski definition) is 3. The predicted molar refractivity (Wildman–Crippen MR) is 76.1 cm³/mol. The minimum atomic E-state index is -5.08. The van der Waals surface area contributed by atoms with Crippen molar-refractivity contribution in [3.63, 3.8) is 0 Å². The minimum absolute atomic E-state index is 0.375. The van der Waals surface area contributed by atoms with Crippen molar-refractivity contribution in [2.75, 3.05) is 13.1 Å². The Kier molecular flexibility index (Phi) is 8.34. The number of phenolic OH excluding ortho intramolecular Hbond substituents is 1. The van der Waals surface area contributed by atoms with Crippen LogP contribution >= 0.6 is 15.9 Å². The topological polar surface area (TPSA) is 60.8 Å². The van der Waals surface area contributed by atoms with Gasteiger partial charge in [0.25, 0.3) is 0 Å². The monoisotopic (exact) mass is 371 g/mol. The molecule has 0 fully saturated rings. The van der Waals surface area contributed by atoms with Crippen molar-refractivity contribution in [3.05, 3.63) is 28.2 Å². The Morgan fingerprint density at radius 2 is 1.76 bits per heavy atom. The number of nitrogens with zero attached hydrogens (tertiary/aromatic N) is 1. The number of phenols is 1. The molecule has 0 radical (unpaired) electrons. The average molecular weight is 372 g/mol. The van der Waals surface area contributed by atoms with Gasteiger partial charge in [-0.2, -0.15) is 13.2 Å². The summed E-state index contributed by atoms with van der Waals surface area (Å²) in [7, 11) is 0. The molecule has 0 atom stereocenters. The molecule has 1 rings (SSSR count). The lowest BCUT2D eigenvalue weighted by atomic mass is 10.2. The zero-order chi connectivity index (χ0) is 16.6. The molecule has 21 heavy (non-hydrogen) atoms. The molecule has 0 heterocycles. The van der Waals surface area contributed by atoms with Gasteiger partial charge in [0.05, 0.1) is 0 Å². The Morgan fingerprint density at radius 3 is 2.14 bits per heavy atom. The van der Waals surface area contributed by atoms with Crippen LogP contribution in [0.2, 0.25) is 0 Å². The van der Waals surface area contributed by atoms with Crippen LogP contribution in [0.3, 0.4) is 0 Å². The number of halogens is 4. The van der Waals surface area contributed by atoms with Gasteiger partial charge >= 0.3 is 12.1 Å². The molecule has 0 spiro atoms. The molecule has 4 nitrogen and oxygen atoms in total. The third-order valence-corrected chi connectivity index (χ3v) is 3.07. The highest BCUT2D eigenvalue weighted by Gasteiger charge is 2.38. The summed E-state index contributed by atoms with van der Waals surface area (Å²) in [5.41, 5.74) is 0.975. The molecule has 0 aromatic heterocycles. The number of carboxylic acids is 1. The largest absolute Gasteiger partial charge is 0.508 e. The van der Waals surface area contributed by atoms with Crippen LogP contribution in [0, 0.1) is 0 Å². The van der Waals surface area contributed by atoms with Gasteiger partial charge in [0, 0.05) is 16.6 Å². The van der Waals surface area contributed by atoms with E-state index in [2.05, 4.69) is 34.7 Å². The summed E-state index contributed by atoms with van der Waals surface area (Å²) in [4.78, 5) is 11.2. The minimum Gasteiger partial charge on any atom is -0.508 e. The van der Waals surface area contributed by atoms with Gasteiger partial charge in [-0.25, -0.2) is 4.79 Å². The number of carboxylic acid groups (broad SMARTS) is 1. The molecule has 0 aliphatic rings. The van der Waals surface area contributed by atoms with Crippen molar-refractivity contribution in [1.82, 2.24) is 4.90 Å². The third-order valence-electron chi connectivity index (χ3n) is 2.57. The Bertz CT molecular complexity index is 462. The fraction of sp³-hybridized carbons (Fsp3) is 0.462. The zero-order valence-corrected chi connectivity index (χ0v) is 13.2. The maximum atomic E-state index is 10.6. The van der Waals surface area contributed by atoms with Crippen LogP contribution in [0.25, 0.3) is 0 Å². The standard InChI is InChI=1S/C11H16BrNO.C2HF3O2/c1-3-13(4-2)8-9-7-10(12)5-6-11(9)14;3-2(4,5)1(6)7/h5-7,14H,3-4,8H2,1-2H3;(H,6,7). The molecule has 0 unspecified atom stereocenters. The Labute approximate surface area is 129 Å². The fourth-order valence-electron chi connectivity index (χ4n) is 1.37. The van der Waals surface area contributed by atoms with E-state index < -0.39 is 12.1 Å². The molecule has 0 amide bonds. The van der Waals surface area contributed by atoms with Gasteiger partial charge in [-0.3, -0.25) is 4.90 Å². The lowest BCUT2D eigenvalue weighted by Gasteiger charge is -2.18. The molecule has 0 aliphatic heterocycles. The molecule has 1 aromatic rings. The smallest absolute Gasteiger partial charge is 0.490 e. The molecule has 2 N–H and O–H groups in total. The van der Waals surface area contributed by atoms with E-state index in [4.69, 9.17) is 9.90 Å². The lowest BCUT2D eigenvalue weighted by Crippen LogP contribution is -2.22. The number of rotatable bonds is 4. The highest BCUT2D eigenvalue weighted by atomic mass is 79.9. The number of aliphatic carboxylic acids is 1. The first-order valence-corrected chi connectivity index (χ1v) is 6.90. The van der Waals surface area contributed by atoms with Crippen LogP contribution in [-0.2, 0) is 11.3 Å². The van der Waals surface area contributed by atoms with Gasteiger partial charge in [-0.15, -0.1) is 0 Å². The van der Waals surface area contributed by atoms with Gasteiger partial charge in [-0.05, 0) is 31.3 Å². The molecular weight excluding hydrogens is 355 g/mol. The molecule has 0 saturated heterocycles. The summed E-state index contributed by atoms with van der Waals surface area (Å²) < 4.78 is 32.7. The van der Waals surface area contributed by atoms with Crippen LogP contribution in [0.15, 0.2) is 22.7 Å². The van der Waals surface area contributed by atoms with Crippen LogP contribution in [0.5, 0.6) is 5.75 Å². The molecule has 0 aliphatic carbocycles. The van der Waals surface area contributed by atoms with Crippen LogP contribution < -0.4 is 0 Å². The fourth-order valence-corrected chi connectivity index (χ4v) is 1.78. The first-order chi connectivity index (χ1) is 9.61. The first kappa shape index (κ1) is 19.7. The Balaban J connectivity index is 0.000000486. The maximum absolute atomic E-state index is 10.6. The van der Waals surface area contributed by atoms with Crippen molar-refractivity contribution in [3.8, 4) is 5.75 Å². The number of hydrogen-bond donors (Lipinski definition) is 2. The third kappa shape index (κ3) is 7.91. The summed E-state index contributed by atoms with van der Waals surface area (Å²) in [5, 5.41) is 16.8. The quantitative estimate of drug-likeness (QED) is 0.848. The summed E-state index contributed by atoms with van der Waals surface area (Å²) in [6, 6.07) is 5.54. The van der Waals surface area contributed by atoms with Crippen LogP contribution in [0.1, 0.15) is 19.4 Å². The number of aromatic hydroxyl groups is 1. The van der Waals surface area contributed by atoms with Gasteiger partial charge in [0.15, 0.2) is 0 Å². The van der Waals surface area contributed by atoms with E-state index in [0.29, 0.717) is 5.75 Å². The zero-order valence-electron chi connectivity index (χ0n) is 11.6. The van der Waals surface area contributed by atoms with Crippen molar-refractivity contribution in [2.45, 2.75) is 26.6 Å². The van der Waals surface area contributed by atoms with Crippen LogP contribution in [-0.4, -0.2) is 40.3 Å². The van der Waals surface area contributed by atoms with Crippen LogP contribution in [0.4, 0.5) is 13.2 Å². The second-order valence-corrected chi connectivity index (χ2v) is 4.95. The summed E-state index contributed by atoms with van der Waals surface area (Å²) in [6.45, 7) is 7.06. The van der Waals surface area contributed by atoms with Gasteiger partial charge in [0.2, 0.25) is 0 Å². The average Bonchev–Trinajstić information content (AvgIpc) is 2.39. The second kappa shape index (κ2) is 8.89. The Morgan fingerprint density at radius 1 is 1.29 bits per heavy atom. The highest BCUT2D eigenvalue weighted by Crippen LogP contribution is 2.23. The van der Waals surface area contributed by atoms with E-state index in [1.165, 1.54) is 0 Å². The van der Waals surface area contributed by atoms with E-state index in [1.54, 1.807) is 6.07 Å². The molecular formula is C13H17BrF3NO3. The molecule has 8 heteroatoms. The predicted octanol–water partition coefficient (Wildman–Crippen LogP) is 3.63.